The molecule has 1 atom stereocenters. The normalized spacial score (nSPS) is 21.5. The first-order valence-electron chi connectivity index (χ1n) is 12.0. The molecule has 0 amide bonds. The first kappa shape index (κ1) is 24.4. The number of benzene rings is 2. The van der Waals surface area contributed by atoms with Gasteiger partial charge in [-0.3, -0.25) is 9.80 Å². The third-order valence-electron chi connectivity index (χ3n) is 6.81. The van der Waals surface area contributed by atoms with E-state index < -0.39 is 10.0 Å². The zero-order valence-corrected chi connectivity index (χ0v) is 21.5. The van der Waals surface area contributed by atoms with Crippen LogP contribution in [-0.2, 0) is 29.7 Å². The molecule has 1 aromatic heterocycles. The van der Waals surface area contributed by atoms with E-state index in [1.807, 2.05) is 30.5 Å². The number of halogens is 1. The summed E-state index contributed by atoms with van der Waals surface area (Å²) in [7, 11) is -3.32. The van der Waals surface area contributed by atoms with Crippen molar-refractivity contribution < 1.29 is 8.42 Å². The van der Waals surface area contributed by atoms with Crippen molar-refractivity contribution in [3.63, 3.8) is 0 Å². The summed E-state index contributed by atoms with van der Waals surface area (Å²) in [5, 5.41) is 9.08. The minimum atomic E-state index is -3.32. The van der Waals surface area contributed by atoms with Gasteiger partial charge in [-0.25, -0.2) is 13.1 Å². The molecule has 0 saturated carbocycles. The van der Waals surface area contributed by atoms with Gasteiger partial charge in [0.05, 0.1) is 30.7 Å². The Kier molecular flexibility index (Phi) is 7.22. The molecular formula is C25H31ClN6O2S. The van der Waals surface area contributed by atoms with Crippen molar-refractivity contribution in [2.45, 2.75) is 32.6 Å². The summed E-state index contributed by atoms with van der Waals surface area (Å²) >= 11 is 5.95. The predicted molar refractivity (Wildman–Crippen MR) is 137 cm³/mol. The van der Waals surface area contributed by atoms with Gasteiger partial charge < -0.3 is 0 Å². The molecule has 186 valence electrons. The van der Waals surface area contributed by atoms with Crippen LogP contribution >= 0.6 is 11.6 Å². The zero-order valence-electron chi connectivity index (χ0n) is 19.9. The highest BCUT2D eigenvalue weighted by Crippen LogP contribution is 2.22. The molecule has 1 unspecified atom stereocenters. The monoisotopic (exact) mass is 514 g/mol. The number of aromatic nitrogens is 3. The van der Waals surface area contributed by atoms with Crippen LogP contribution in [0.2, 0.25) is 5.02 Å². The number of aryl methyl sites for hydroxylation is 1. The Morgan fingerprint density at radius 1 is 0.971 bits per heavy atom. The molecule has 0 spiro atoms. The highest BCUT2D eigenvalue weighted by Gasteiger charge is 2.40. The van der Waals surface area contributed by atoms with E-state index >= 15 is 0 Å². The molecule has 10 heteroatoms. The van der Waals surface area contributed by atoms with Crippen LogP contribution in [0.1, 0.15) is 22.4 Å². The van der Waals surface area contributed by atoms with E-state index in [4.69, 9.17) is 11.6 Å². The van der Waals surface area contributed by atoms with E-state index in [1.165, 1.54) is 11.1 Å². The fourth-order valence-electron chi connectivity index (χ4n) is 4.93. The summed E-state index contributed by atoms with van der Waals surface area (Å²) in [5.74, 6) is 0.170. The Balaban J connectivity index is 1.14. The van der Waals surface area contributed by atoms with Gasteiger partial charge in [0.1, 0.15) is 0 Å². The summed E-state index contributed by atoms with van der Waals surface area (Å²) < 4.78 is 29.1. The molecule has 2 fully saturated rings. The molecule has 0 N–H and O–H groups in total. The zero-order chi connectivity index (χ0) is 24.4. The van der Waals surface area contributed by atoms with Crippen LogP contribution in [-0.4, -0.2) is 82.0 Å². The molecule has 2 aliphatic rings. The summed E-state index contributed by atoms with van der Waals surface area (Å²) in [6, 6.07) is 16.2. The molecule has 2 aliphatic heterocycles. The maximum absolute atomic E-state index is 12.9. The molecule has 3 heterocycles. The summed E-state index contributed by atoms with van der Waals surface area (Å²) in [6.07, 6.45) is 1.82. The van der Waals surface area contributed by atoms with Crippen LogP contribution in [0.25, 0.3) is 0 Å². The van der Waals surface area contributed by atoms with Crippen LogP contribution in [0, 0.1) is 6.92 Å². The summed E-state index contributed by atoms with van der Waals surface area (Å²) in [4.78, 5) is 4.78. The van der Waals surface area contributed by atoms with E-state index in [9.17, 15) is 8.42 Å². The van der Waals surface area contributed by atoms with Crippen molar-refractivity contribution in [1.29, 1.82) is 0 Å². The van der Waals surface area contributed by atoms with Crippen molar-refractivity contribution in [2.24, 2.45) is 0 Å². The molecule has 0 aliphatic carbocycles. The quantitative estimate of drug-likeness (QED) is 0.482. The Morgan fingerprint density at radius 2 is 1.74 bits per heavy atom. The standard InChI is InChI=1S/C25H31ClN6O2S/c1-20-3-2-4-22(13-20)14-29-9-11-30(12-10-29)25-18-32(35(33,34)19-25)17-24-16-31(28-27-24)15-21-5-7-23(26)8-6-21/h2-8,13,16,25H,9-12,14-15,17-19H2,1H3. The van der Waals surface area contributed by atoms with Gasteiger partial charge in [0.15, 0.2) is 0 Å². The Morgan fingerprint density at radius 3 is 2.49 bits per heavy atom. The second-order valence-electron chi connectivity index (χ2n) is 9.56. The van der Waals surface area contributed by atoms with Gasteiger partial charge in [0, 0.05) is 50.3 Å². The maximum atomic E-state index is 12.9. The SMILES string of the molecule is Cc1cccc(CN2CCN(C3CN(Cc4cn(Cc5ccc(Cl)cc5)nn4)S(=O)(=O)C3)CC2)c1. The van der Waals surface area contributed by atoms with Gasteiger partial charge in [0.2, 0.25) is 10.0 Å². The van der Waals surface area contributed by atoms with Crippen molar-refractivity contribution in [3.8, 4) is 0 Å². The van der Waals surface area contributed by atoms with Crippen LogP contribution < -0.4 is 0 Å². The Labute approximate surface area is 212 Å². The minimum absolute atomic E-state index is 0.0187. The molecule has 3 aromatic rings. The highest BCUT2D eigenvalue weighted by atomic mass is 35.5. The van der Waals surface area contributed by atoms with Gasteiger partial charge in [-0.05, 0) is 30.2 Å². The van der Waals surface area contributed by atoms with Crippen LogP contribution in [0.4, 0.5) is 0 Å². The molecule has 35 heavy (non-hydrogen) atoms. The lowest BCUT2D eigenvalue weighted by Crippen LogP contribution is -2.51. The first-order chi connectivity index (χ1) is 16.8. The van der Waals surface area contributed by atoms with E-state index in [2.05, 4.69) is 51.3 Å². The van der Waals surface area contributed by atoms with Gasteiger partial charge in [-0.1, -0.05) is 58.8 Å². The number of rotatable bonds is 7. The van der Waals surface area contributed by atoms with Crippen molar-refractivity contribution in [1.82, 2.24) is 29.1 Å². The Hall–Kier alpha value is -2.30. The van der Waals surface area contributed by atoms with E-state index in [1.54, 1.807) is 8.99 Å². The average Bonchev–Trinajstić information content (AvgIpc) is 3.39. The molecule has 0 bridgehead atoms. The Bertz CT molecular complexity index is 1250. The number of hydrogen-bond acceptors (Lipinski definition) is 6. The smallest absolute Gasteiger partial charge is 0.216 e. The molecule has 0 radical (unpaired) electrons. The minimum Gasteiger partial charge on any atom is -0.297 e. The van der Waals surface area contributed by atoms with Crippen LogP contribution in [0.5, 0.6) is 0 Å². The van der Waals surface area contributed by atoms with Gasteiger partial charge >= 0.3 is 0 Å². The maximum Gasteiger partial charge on any atom is 0.216 e. The lowest BCUT2D eigenvalue weighted by molar-refractivity contribution is 0.0966. The third-order valence-corrected chi connectivity index (χ3v) is 8.93. The summed E-state index contributed by atoms with van der Waals surface area (Å²) in [5.41, 5.74) is 4.33. The predicted octanol–water partition coefficient (Wildman–Crippen LogP) is 2.62. The number of piperazine rings is 1. The first-order valence-corrected chi connectivity index (χ1v) is 14.0. The summed E-state index contributed by atoms with van der Waals surface area (Å²) in [6.45, 7) is 8.05. The molecule has 5 rings (SSSR count). The van der Waals surface area contributed by atoms with E-state index in [0.29, 0.717) is 23.8 Å². The fourth-order valence-corrected chi connectivity index (χ4v) is 6.80. The van der Waals surface area contributed by atoms with Crippen molar-refractivity contribution >= 4 is 21.6 Å². The number of sulfonamides is 1. The van der Waals surface area contributed by atoms with E-state index in [-0.39, 0.29) is 18.3 Å². The highest BCUT2D eigenvalue weighted by molar-refractivity contribution is 7.89. The van der Waals surface area contributed by atoms with Gasteiger partial charge in [0.25, 0.3) is 0 Å². The molecule has 2 saturated heterocycles. The number of nitrogens with zero attached hydrogens (tertiary/aromatic N) is 6. The topological polar surface area (TPSA) is 74.6 Å². The van der Waals surface area contributed by atoms with Crippen molar-refractivity contribution in [2.75, 3.05) is 38.5 Å². The second-order valence-corrected chi connectivity index (χ2v) is 12.0. The second kappa shape index (κ2) is 10.4. The van der Waals surface area contributed by atoms with Crippen LogP contribution in [0.3, 0.4) is 0 Å². The van der Waals surface area contributed by atoms with Gasteiger partial charge in [-0.15, -0.1) is 5.10 Å². The van der Waals surface area contributed by atoms with Crippen LogP contribution in [0.15, 0.2) is 54.7 Å². The lowest BCUT2D eigenvalue weighted by atomic mass is 10.1. The average molecular weight is 515 g/mol. The molecule has 8 nitrogen and oxygen atoms in total. The van der Waals surface area contributed by atoms with Gasteiger partial charge in [-0.2, -0.15) is 4.31 Å². The lowest BCUT2D eigenvalue weighted by Gasteiger charge is -2.37. The molecular weight excluding hydrogens is 484 g/mol. The fraction of sp³-hybridized carbons (Fsp3) is 0.440. The largest absolute Gasteiger partial charge is 0.297 e. The van der Waals surface area contributed by atoms with Crippen molar-refractivity contribution in [3.05, 3.63) is 82.1 Å². The number of hydrogen-bond donors (Lipinski definition) is 0. The molecule has 2 aromatic carbocycles. The third kappa shape index (κ3) is 6.10. The van der Waals surface area contributed by atoms with E-state index in [0.717, 1.165) is 38.3 Å².